The van der Waals surface area contributed by atoms with E-state index in [2.05, 4.69) is 19.2 Å². The molecule has 4 rings (SSSR count). The Balaban J connectivity index is 1.81. The lowest BCUT2D eigenvalue weighted by Gasteiger charge is -2.05. The van der Waals surface area contributed by atoms with E-state index in [0.717, 1.165) is 0 Å². The third-order valence-electron chi connectivity index (χ3n) is 3.47. The van der Waals surface area contributed by atoms with E-state index in [1.807, 2.05) is 0 Å². The maximum atomic E-state index is 13.3. The van der Waals surface area contributed by atoms with Crippen molar-refractivity contribution in [2.75, 3.05) is 7.11 Å². The van der Waals surface area contributed by atoms with E-state index < -0.39 is 12.3 Å². The van der Waals surface area contributed by atoms with Crippen LogP contribution in [0.1, 0.15) is 10.4 Å². The van der Waals surface area contributed by atoms with Crippen molar-refractivity contribution in [1.29, 1.82) is 0 Å². The van der Waals surface area contributed by atoms with Crippen molar-refractivity contribution in [2.45, 2.75) is 6.29 Å². The predicted molar refractivity (Wildman–Crippen MR) is 77.0 cm³/mol. The number of fused-ring (bicyclic) bond motifs is 2. The lowest BCUT2D eigenvalue weighted by atomic mass is 10.2. The van der Waals surface area contributed by atoms with Gasteiger partial charge in [0.2, 0.25) is 5.89 Å². The standard InChI is InChI=1S/C16H9F2NO5/c1-21-15(20)8-5-6-10-12(7-8)22-14(19-10)9-3-2-4-11-13(9)24-16(17,18)23-11/h2-7H,1H3. The molecule has 2 aromatic carbocycles. The molecular formula is C16H9F2NO5. The number of para-hydroxylation sites is 1. The van der Waals surface area contributed by atoms with E-state index >= 15 is 0 Å². The number of carbonyl (C=O) groups excluding carboxylic acids is 1. The molecule has 6 nitrogen and oxygen atoms in total. The van der Waals surface area contributed by atoms with Crippen molar-refractivity contribution >= 4 is 17.1 Å². The smallest absolute Gasteiger partial charge is 0.465 e. The molecule has 0 aliphatic carbocycles. The van der Waals surface area contributed by atoms with Gasteiger partial charge in [-0.2, -0.15) is 0 Å². The number of aromatic nitrogens is 1. The predicted octanol–water partition coefficient (Wildman–Crippen LogP) is 3.60. The number of nitrogens with zero attached hydrogens (tertiary/aromatic N) is 1. The van der Waals surface area contributed by atoms with Gasteiger partial charge in [0, 0.05) is 0 Å². The van der Waals surface area contributed by atoms with Gasteiger partial charge in [0.05, 0.1) is 18.2 Å². The maximum absolute atomic E-state index is 13.3. The van der Waals surface area contributed by atoms with Crippen molar-refractivity contribution < 1.29 is 32.2 Å². The molecule has 3 aromatic rings. The zero-order chi connectivity index (χ0) is 16.9. The van der Waals surface area contributed by atoms with Crippen LogP contribution in [0.25, 0.3) is 22.6 Å². The summed E-state index contributed by atoms with van der Waals surface area (Å²) in [6.45, 7) is 0. The number of hydrogen-bond donors (Lipinski definition) is 0. The molecule has 0 unspecified atom stereocenters. The summed E-state index contributed by atoms with van der Waals surface area (Å²) in [4.78, 5) is 15.8. The average molecular weight is 333 g/mol. The van der Waals surface area contributed by atoms with E-state index in [1.165, 1.54) is 37.4 Å². The fraction of sp³-hybridized carbons (Fsp3) is 0.125. The quantitative estimate of drug-likeness (QED) is 0.667. The van der Waals surface area contributed by atoms with Gasteiger partial charge in [-0.05, 0) is 30.3 Å². The van der Waals surface area contributed by atoms with Crippen molar-refractivity contribution in [3.63, 3.8) is 0 Å². The molecule has 0 atom stereocenters. The molecule has 1 aromatic heterocycles. The summed E-state index contributed by atoms with van der Waals surface area (Å²) >= 11 is 0. The second-order valence-electron chi connectivity index (χ2n) is 4.99. The van der Waals surface area contributed by atoms with Crippen LogP contribution >= 0.6 is 0 Å². The highest BCUT2D eigenvalue weighted by molar-refractivity contribution is 5.93. The van der Waals surface area contributed by atoms with Crippen LogP contribution in [0, 0.1) is 0 Å². The minimum atomic E-state index is -3.73. The largest absolute Gasteiger partial charge is 0.586 e. The monoisotopic (exact) mass is 333 g/mol. The Kier molecular flexibility index (Phi) is 2.96. The highest BCUT2D eigenvalue weighted by Gasteiger charge is 2.45. The SMILES string of the molecule is COC(=O)c1ccc2nc(-c3cccc4c3OC(F)(F)O4)oc2c1. The summed E-state index contributed by atoms with van der Waals surface area (Å²) < 4.78 is 45.7. The molecule has 2 heterocycles. The van der Waals surface area contributed by atoms with Gasteiger partial charge in [-0.15, -0.1) is 8.78 Å². The lowest BCUT2D eigenvalue weighted by molar-refractivity contribution is -0.286. The van der Waals surface area contributed by atoms with Crippen LogP contribution in [0.4, 0.5) is 8.78 Å². The fourth-order valence-electron chi connectivity index (χ4n) is 2.42. The summed E-state index contributed by atoms with van der Waals surface area (Å²) in [5, 5.41) is 0. The number of ether oxygens (including phenoxy) is 3. The summed E-state index contributed by atoms with van der Waals surface area (Å²) in [7, 11) is 1.27. The van der Waals surface area contributed by atoms with Gasteiger partial charge in [0.25, 0.3) is 0 Å². The number of methoxy groups -OCH3 is 1. The summed E-state index contributed by atoms with van der Waals surface area (Å²) in [6, 6.07) is 8.97. The Morgan fingerprint density at radius 3 is 2.83 bits per heavy atom. The van der Waals surface area contributed by atoms with Gasteiger partial charge in [-0.25, -0.2) is 9.78 Å². The second-order valence-corrected chi connectivity index (χ2v) is 4.99. The molecule has 0 radical (unpaired) electrons. The normalized spacial score (nSPS) is 14.8. The highest BCUT2D eigenvalue weighted by atomic mass is 19.3. The Bertz CT molecular complexity index is 966. The summed E-state index contributed by atoms with van der Waals surface area (Å²) in [5.41, 5.74) is 1.29. The van der Waals surface area contributed by atoms with E-state index in [-0.39, 0.29) is 28.5 Å². The number of halogens is 2. The highest BCUT2D eigenvalue weighted by Crippen LogP contribution is 2.47. The first-order valence-electron chi connectivity index (χ1n) is 6.85. The van der Waals surface area contributed by atoms with Crippen molar-refractivity contribution in [2.24, 2.45) is 0 Å². The van der Waals surface area contributed by atoms with Gasteiger partial charge in [-0.1, -0.05) is 6.07 Å². The zero-order valence-corrected chi connectivity index (χ0v) is 12.2. The molecule has 0 N–H and O–H groups in total. The average Bonchev–Trinajstić information content (AvgIpc) is 3.11. The zero-order valence-electron chi connectivity index (χ0n) is 12.2. The molecule has 0 bridgehead atoms. The molecule has 0 saturated carbocycles. The van der Waals surface area contributed by atoms with Gasteiger partial charge in [0.1, 0.15) is 5.52 Å². The van der Waals surface area contributed by atoms with Crippen molar-refractivity contribution in [3.05, 3.63) is 42.0 Å². The third-order valence-corrected chi connectivity index (χ3v) is 3.47. The van der Waals surface area contributed by atoms with Crippen LogP contribution in [-0.4, -0.2) is 24.4 Å². The molecule has 24 heavy (non-hydrogen) atoms. The van der Waals surface area contributed by atoms with Crippen LogP contribution in [0.3, 0.4) is 0 Å². The van der Waals surface area contributed by atoms with Crippen molar-refractivity contribution in [3.8, 4) is 23.0 Å². The maximum Gasteiger partial charge on any atom is 0.586 e. The van der Waals surface area contributed by atoms with Crippen LogP contribution in [-0.2, 0) is 4.74 Å². The van der Waals surface area contributed by atoms with Crippen LogP contribution < -0.4 is 9.47 Å². The lowest BCUT2D eigenvalue weighted by Crippen LogP contribution is -2.26. The number of hydrogen-bond acceptors (Lipinski definition) is 6. The van der Waals surface area contributed by atoms with Crippen LogP contribution in [0.15, 0.2) is 40.8 Å². The van der Waals surface area contributed by atoms with Gasteiger partial charge < -0.3 is 18.6 Å². The fourth-order valence-corrected chi connectivity index (χ4v) is 2.42. The Morgan fingerprint density at radius 1 is 1.21 bits per heavy atom. The Hall–Kier alpha value is -3.16. The molecule has 0 saturated heterocycles. The Morgan fingerprint density at radius 2 is 2.04 bits per heavy atom. The molecule has 122 valence electrons. The van der Waals surface area contributed by atoms with E-state index in [4.69, 9.17) is 4.42 Å². The minimum absolute atomic E-state index is 0.0742. The summed E-state index contributed by atoms with van der Waals surface area (Å²) in [5.74, 6) is -0.700. The third kappa shape index (κ3) is 2.23. The number of alkyl halides is 2. The van der Waals surface area contributed by atoms with Crippen LogP contribution in [0.2, 0.25) is 0 Å². The molecule has 1 aliphatic rings. The topological polar surface area (TPSA) is 70.8 Å². The van der Waals surface area contributed by atoms with Crippen LogP contribution in [0.5, 0.6) is 11.5 Å². The van der Waals surface area contributed by atoms with Gasteiger partial charge in [0.15, 0.2) is 17.1 Å². The first kappa shape index (κ1) is 14.4. The molecule has 1 aliphatic heterocycles. The number of oxazole rings is 1. The molecule has 8 heteroatoms. The van der Waals surface area contributed by atoms with E-state index in [0.29, 0.717) is 11.1 Å². The first-order chi connectivity index (χ1) is 11.5. The van der Waals surface area contributed by atoms with E-state index in [9.17, 15) is 13.6 Å². The van der Waals surface area contributed by atoms with Crippen molar-refractivity contribution in [1.82, 2.24) is 4.98 Å². The van der Waals surface area contributed by atoms with Gasteiger partial charge in [-0.3, -0.25) is 0 Å². The molecule has 0 fully saturated rings. The Labute approximate surface area is 133 Å². The molecule has 0 spiro atoms. The minimum Gasteiger partial charge on any atom is -0.465 e. The van der Waals surface area contributed by atoms with E-state index in [1.54, 1.807) is 6.07 Å². The molecular weight excluding hydrogens is 324 g/mol. The number of carbonyl (C=O) groups is 1. The number of rotatable bonds is 2. The number of benzene rings is 2. The van der Waals surface area contributed by atoms with Gasteiger partial charge >= 0.3 is 12.3 Å². The molecule has 0 amide bonds. The summed E-state index contributed by atoms with van der Waals surface area (Å²) in [6.07, 6.45) is -3.73. The number of esters is 1. The first-order valence-corrected chi connectivity index (χ1v) is 6.85. The second kappa shape index (κ2) is 4.92.